The Labute approximate surface area is 214 Å². The molecule has 1 heterocycles. The lowest BCUT2D eigenvalue weighted by atomic mass is 9.74. The molecule has 0 saturated heterocycles. The molecule has 0 fully saturated rings. The number of hydrogen-bond acceptors (Lipinski definition) is 3. The average Bonchev–Trinajstić information content (AvgIpc) is 3.18. The van der Waals surface area contributed by atoms with E-state index in [0.717, 1.165) is 42.5 Å². The topological polar surface area (TPSA) is 44.7 Å². The zero-order valence-electron chi connectivity index (χ0n) is 19.4. The van der Waals surface area contributed by atoms with Gasteiger partial charge in [-0.15, -0.1) is 0 Å². The van der Waals surface area contributed by atoms with Gasteiger partial charge in [0.15, 0.2) is 0 Å². The average molecular weight is 552 g/mol. The Morgan fingerprint density at radius 1 is 1.11 bits per heavy atom. The predicted octanol–water partition coefficient (Wildman–Crippen LogP) is 8.17. The summed E-state index contributed by atoms with van der Waals surface area (Å²) in [5.74, 6) is 0.848. The lowest BCUT2D eigenvalue weighted by Gasteiger charge is -2.30. The molecule has 3 rings (SSSR count). The highest BCUT2D eigenvalue weighted by atomic mass is 35.5. The minimum absolute atomic E-state index is 0.152. The van der Waals surface area contributed by atoms with Crippen LogP contribution in [-0.4, -0.2) is 35.3 Å². The van der Waals surface area contributed by atoms with Crippen molar-refractivity contribution in [2.75, 3.05) is 23.9 Å². The number of thioether (sulfide) groups is 1. The van der Waals surface area contributed by atoms with E-state index in [2.05, 4.69) is 10.4 Å². The minimum atomic E-state index is -4.61. The van der Waals surface area contributed by atoms with Crippen LogP contribution in [0, 0.1) is 5.41 Å². The molecule has 2 amide bonds. The Morgan fingerprint density at radius 3 is 2.31 bits per heavy atom. The van der Waals surface area contributed by atoms with E-state index in [9.17, 15) is 31.1 Å². The first-order valence-corrected chi connectivity index (χ1v) is 12.8. The van der Waals surface area contributed by atoms with Crippen molar-refractivity contribution in [1.29, 1.82) is 0 Å². The molecule has 1 atom stereocenters. The Morgan fingerprint density at radius 2 is 1.78 bits per heavy atom. The van der Waals surface area contributed by atoms with Crippen molar-refractivity contribution in [3.8, 4) is 0 Å². The molecule has 0 saturated carbocycles. The molecule has 1 N–H and O–H groups in total. The molecule has 0 radical (unpaired) electrons. The third kappa shape index (κ3) is 6.29. The molecule has 0 bridgehead atoms. The fraction of sp³-hybridized carbons (Fsp3) is 0.417. The molecular formula is C24H24ClF6N3OS. The first-order chi connectivity index (χ1) is 16.8. The van der Waals surface area contributed by atoms with Crippen LogP contribution in [0.4, 0.5) is 36.8 Å². The molecule has 0 aromatic heterocycles. The number of halogens is 7. The quantitative estimate of drug-likeness (QED) is 0.279. The second kappa shape index (κ2) is 10.9. The van der Waals surface area contributed by atoms with Crippen molar-refractivity contribution in [3.05, 3.63) is 64.2 Å². The maximum atomic E-state index is 13.2. The van der Waals surface area contributed by atoms with Crippen LogP contribution in [0.2, 0.25) is 5.02 Å². The highest BCUT2D eigenvalue weighted by Gasteiger charge is 2.44. The molecule has 196 valence electrons. The summed E-state index contributed by atoms with van der Waals surface area (Å²) in [6.45, 7) is 2.08. The molecule has 1 aliphatic heterocycles. The second-order valence-electron chi connectivity index (χ2n) is 8.43. The summed E-state index contributed by atoms with van der Waals surface area (Å²) in [6, 6.07) is 6.74. The van der Waals surface area contributed by atoms with Crippen molar-refractivity contribution in [2.24, 2.45) is 10.5 Å². The fourth-order valence-corrected chi connectivity index (χ4v) is 4.86. The maximum Gasteiger partial charge on any atom is 0.417 e. The normalized spacial score (nSPS) is 18.4. The number of benzene rings is 2. The van der Waals surface area contributed by atoms with E-state index in [1.807, 2.05) is 13.2 Å². The van der Waals surface area contributed by atoms with Gasteiger partial charge in [0.2, 0.25) is 0 Å². The molecule has 1 aliphatic rings. The number of urea groups is 1. The van der Waals surface area contributed by atoms with Crippen LogP contribution in [0.15, 0.2) is 47.6 Å². The second-order valence-corrected chi connectivity index (χ2v) is 9.83. The van der Waals surface area contributed by atoms with Gasteiger partial charge in [-0.3, -0.25) is 0 Å². The molecule has 2 aromatic rings. The smallest absolute Gasteiger partial charge is 0.306 e. The van der Waals surface area contributed by atoms with Crippen LogP contribution in [-0.2, 0) is 12.4 Å². The van der Waals surface area contributed by atoms with Crippen LogP contribution in [0.5, 0.6) is 0 Å². The number of nitrogens with zero attached hydrogens (tertiary/aromatic N) is 2. The van der Waals surface area contributed by atoms with Gasteiger partial charge in [0.25, 0.3) is 0 Å². The number of hydrogen-bond donors (Lipinski definition) is 1. The van der Waals surface area contributed by atoms with E-state index >= 15 is 0 Å². The zero-order valence-corrected chi connectivity index (χ0v) is 21.0. The van der Waals surface area contributed by atoms with Crippen LogP contribution in [0.3, 0.4) is 0 Å². The van der Waals surface area contributed by atoms with Crippen molar-refractivity contribution < 1.29 is 31.1 Å². The molecule has 2 aromatic carbocycles. The van der Waals surface area contributed by atoms with E-state index in [1.54, 1.807) is 11.8 Å². The molecule has 12 heteroatoms. The largest absolute Gasteiger partial charge is 0.417 e. The van der Waals surface area contributed by atoms with Crippen LogP contribution >= 0.6 is 23.4 Å². The molecule has 1 unspecified atom stereocenters. The predicted molar refractivity (Wildman–Crippen MR) is 130 cm³/mol. The fourth-order valence-electron chi connectivity index (χ4n) is 4.14. The number of anilines is 1. The van der Waals surface area contributed by atoms with Crippen LogP contribution in [0.1, 0.15) is 42.9 Å². The Bertz CT molecular complexity index is 1120. The summed E-state index contributed by atoms with van der Waals surface area (Å²) in [6.07, 6.45) is -5.18. The van der Waals surface area contributed by atoms with Crippen molar-refractivity contribution in [1.82, 2.24) is 5.01 Å². The van der Waals surface area contributed by atoms with E-state index in [-0.39, 0.29) is 12.2 Å². The van der Waals surface area contributed by atoms with Gasteiger partial charge in [0.1, 0.15) is 0 Å². The van der Waals surface area contributed by atoms with Gasteiger partial charge in [-0.1, -0.05) is 24.6 Å². The number of carbonyl (C=O) groups excluding carboxylic acids is 1. The first kappa shape index (κ1) is 28.2. The zero-order chi connectivity index (χ0) is 26.7. The third-order valence-electron chi connectivity index (χ3n) is 6.10. The lowest BCUT2D eigenvalue weighted by molar-refractivity contribution is -0.138. The summed E-state index contributed by atoms with van der Waals surface area (Å²) in [7, 11) is 0. The molecule has 36 heavy (non-hydrogen) atoms. The number of nitrogens with one attached hydrogen (secondary N) is 1. The lowest BCUT2D eigenvalue weighted by Crippen LogP contribution is -2.37. The highest BCUT2D eigenvalue weighted by molar-refractivity contribution is 7.98. The van der Waals surface area contributed by atoms with Gasteiger partial charge in [0, 0.05) is 11.1 Å². The van der Waals surface area contributed by atoms with E-state index in [4.69, 9.17) is 11.6 Å². The SMILES string of the molecule is CCC1(CCCSC)CN(C(=O)Nc2ccc(C(F)(F)F)cc2)N=C1c1ccc(C(F)(F)F)c(Cl)c1. The van der Waals surface area contributed by atoms with Gasteiger partial charge >= 0.3 is 18.4 Å². The minimum Gasteiger partial charge on any atom is -0.306 e. The van der Waals surface area contributed by atoms with Crippen molar-refractivity contribution in [2.45, 2.75) is 38.5 Å². The van der Waals surface area contributed by atoms with Crippen LogP contribution in [0.25, 0.3) is 0 Å². The number of rotatable bonds is 7. The van der Waals surface area contributed by atoms with Gasteiger partial charge in [-0.05, 0) is 73.2 Å². The Balaban J connectivity index is 1.92. The summed E-state index contributed by atoms with van der Waals surface area (Å²) in [5.41, 5.74) is -1.46. The summed E-state index contributed by atoms with van der Waals surface area (Å²) >= 11 is 7.61. The van der Waals surface area contributed by atoms with Gasteiger partial charge in [0.05, 0.1) is 28.4 Å². The summed E-state index contributed by atoms with van der Waals surface area (Å²) in [5, 5.41) is 7.70. The van der Waals surface area contributed by atoms with E-state index in [1.165, 1.54) is 17.1 Å². The Kier molecular flexibility index (Phi) is 8.55. The molecule has 0 spiro atoms. The number of amides is 2. The Hall–Kier alpha value is -2.40. The van der Waals surface area contributed by atoms with Crippen molar-refractivity contribution >= 4 is 40.8 Å². The molecule has 0 aliphatic carbocycles. The van der Waals surface area contributed by atoms with E-state index in [0.29, 0.717) is 24.1 Å². The van der Waals surface area contributed by atoms with Gasteiger partial charge in [-0.25, -0.2) is 9.80 Å². The standard InChI is InChI=1S/C24H24ClF6N3OS/c1-3-22(11-4-12-36-2)14-34(21(35)32-17-8-6-16(7-9-17)23(26,27)28)33-20(22)15-5-10-18(19(25)13-15)24(29,30)31/h5-10,13H,3-4,11-12,14H2,1-2H3,(H,32,35). The van der Waals surface area contributed by atoms with E-state index < -0.39 is 39.9 Å². The summed E-state index contributed by atoms with van der Waals surface area (Å²) in [4.78, 5) is 13.0. The number of carbonyl (C=O) groups is 1. The third-order valence-corrected chi connectivity index (χ3v) is 7.11. The number of alkyl halides is 6. The van der Waals surface area contributed by atoms with Gasteiger partial charge < -0.3 is 5.32 Å². The molecular weight excluding hydrogens is 528 g/mol. The molecule has 4 nitrogen and oxygen atoms in total. The monoisotopic (exact) mass is 551 g/mol. The van der Waals surface area contributed by atoms with Crippen molar-refractivity contribution in [3.63, 3.8) is 0 Å². The summed E-state index contributed by atoms with van der Waals surface area (Å²) < 4.78 is 78.1. The van der Waals surface area contributed by atoms with Crippen LogP contribution < -0.4 is 5.32 Å². The highest BCUT2D eigenvalue weighted by Crippen LogP contribution is 2.42. The number of hydrazone groups is 1. The maximum absolute atomic E-state index is 13.2. The first-order valence-electron chi connectivity index (χ1n) is 11.0. The van der Waals surface area contributed by atoms with Gasteiger partial charge in [-0.2, -0.15) is 43.2 Å².